The maximum atomic E-state index is 5.47. The Labute approximate surface area is 126 Å². The lowest BCUT2D eigenvalue weighted by Gasteiger charge is -2.25. The van der Waals surface area contributed by atoms with Gasteiger partial charge in [-0.2, -0.15) is 0 Å². The summed E-state index contributed by atoms with van der Waals surface area (Å²) in [5, 5.41) is 3.67. The van der Waals surface area contributed by atoms with Crippen LogP contribution < -0.4 is 10.1 Å². The van der Waals surface area contributed by atoms with E-state index in [4.69, 9.17) is 4.74 Å². The minimum Gasteiger partial charge on any atom is -0.496 e. The first-order valence-electron chi connectivity index (χ1n) is 7.18. The molecule has 2 unspecified atom stereocenters. The van der Waals surface area contributed by atoms with Gasteiger partial charge in [-0.3, -0.25) is 0 Å². The molecule has 0 aliphatic rings. The highest BCUT2D eigenvalue weighted by molar-refractivity contribution is 9.10. The lowest BCUT2D eigenvalue weighted by Crippen LogP contribution is -2.37. The zero-order valence-electron chi connectivity index (χ0n) is 12.5. The van der Waals surface area contributed by atoms with Crippen molar-refractivity contribution in [2.75, 3.05) is 13.7 Å². The third kappa shape index (κ3) is 5.15. The fraction of sp³-hybridized carbons (Fsp3) is 0.625. The molecule has 1 aromatic rings. The van der Waals surface area contributed by atoms with Crippen LogP contribution in [0.1, 0.15) is 39.2 Å². The summed E-state index contributed by atoms with van der Waals surface area (Å²) in [6.45, 7) is 7.85. The summed E-state index contributed by atoms with van der Waals surface area (Å²) in [6.07, 6.45) is 3.37. The molecule has 3 heteroatoms. The lowest BCUT2D eigenvalue weighted by molar-refractivity contribution is 0.355. The summed E-state index contributed by atoms with van der Waals surface area (Å²) in [6, 6.07) is 6.74. The molecular weight excluding hydrogens is 302 g/mol. The highest BCUT2D eigenvalue weighted by Crippen LogP contribution is 2.26. The maximum absolute atomic E-state index is 5.47. The topological polar surface area (TPSA) is 21.3 Å². The van der Waals surface area contributed by atoms with Crippen LogP contribution >= 0.6 is 15.9 Å². The van der Waals surface area contributed by atoms with Gasteiger partial charge in [0.05, 0.1) is 7.11 Å². The van der Waals surface area contributed by atoms with E-state index < -0.39 is 0 Å². The van der Waals surface area contributed by atoms with Gasteiger partial charge in [0.15, 0.2) is 0 Å². The molecule has 0 bridgehead atoms. The molecule has 0 saturated carbocycles. The number of hydrogen-bond acceptors (Lipinski definition) is 2. The fourth-order valence-electron chi connectivity index (χ4n) is 2.23. The number of benzene rings is 1. The average Bonchev–Trinajstić information content (AvgIpc) is 2.42. The Morgan fingerprint density at radius 1 is 1.32 bits per heavy atom. The first kappa shape index (κ1) is 16.5. The number of halogens is 1. The molecule has 0 amide bonds. The molecule has 1 rings (SSSR count). The molecule has 2 atom stereocenters. The van der Waals surface area contributed by atoms with Crippen molar-refractivity contribution < 1.29 is 4.74 Å². The van der Waals surface area contributed by atoms with E-state index in [2.05, 4.69) is 48.1 Å². The van der Waals surface area contributed by atoms with E-state index in [1.165, 1.54) is 18.4 Å². The largest absolute Gasteiger partial charge is 0.496 e. The Morgan fingerprint density at radius 3 is 2.63 bits per heavy atom. The molecule has 0 fully saturated rings. The summed E-state index contributed by atoms with van der Waals surface area (Å²) in [5.41, 5.74) is 1.27. The van der Waals surface area contributed by atoms with Crippen molar-refractivity contribution in [2.24, 2.45) is 5.92 Å². The number of nitrogens with one attached hydrogen (secondary N) is 1. The van der Waals surface area contributed by atoms with Crippen LogP contribution in [-0.2, 0) is 6.42 Å². The monoisotopic (exact) mass is 327 g/mol. The Bertz CT molecular complexity index is 381. The van der Waals surface area contributed by atoms with Crippen LogP contribution in [-0.4, -0.2) is 19.7 Å². The van der Waals surface area contributed by atoms with Crippen LogP contribution in [0.25, 0.3) is 0 Å². The molecular formula is C16H26BrNO. The molecule has 0 aliphatic carbocycles. The van der Waals surface area contributed by atoms with E-state index in [1.54, 1.807) is 7.11 Å². The van der Waals surface area contributed by atoms with E-state index in [-0.39, 0.29) is 0 Å². The van der Waals surface area contributed by atoms with Crippen molar-refractivity contribution in [3.05, 3.63) is 28.2 Å². The Morgan fingerprint density at radius 2 is 2.05 bits per heavy atom. The molecule has 0 aliphatic heterocycles. The zero-order valence-corrected chi connectivity index (χ0v) is 14.1. The molecule has 1 N–H and O–H groups in total. The van der Waals surface area contributed by atoms with Crippen molar-refractivity contribution in [1.29, 1.82) is 0 Å². The van der Waals surface area contributed by atoms with Crippen molar-refractivity contribution in [3.8, 4) is 5.75 Å². The molecule has 2 nitrogen and oxygen atoms in total. The second-order valence-corrected chi connectivity index (χ2v) is 6.02. The molecule has 108 valence electrons. The van der Waals surface area contributed by atoms with Gasteiger partial charge >= 0.3 is 0 Å². The van der Waals surface area contributed by atoms with Crippen LogP contribution in [0.4, 0.5) is 0 Å². The second kappa shape index (κ2) is 8.60. The van der Waals surface area contributed by atoms with Gasteiger partial charge in [-0.25, -0.2) is 0 Å². The van der Waals surface area contributed by atoms with Gasteiger partial charge in [-0.1, -0.05) is 43.1 Å². The lowest BCUT2D eigenvalue weighted by atomic mass is 9.92. The molecule has 0 spiro atoms. The van der Waals surface area contributed by atoms with E-state index in [9.17, 15) is 0 Å². The maximum Gasteiger partial charge on any atom is 0.122 e. The minimum atomic E-state index is 0.508. The first-order chi connectivity index (χ1) is 9.12. The van der Waals surface area contributed by atoms with Gasteiger partial charge in [-0.15, -0.1) is 0 Å². The average molecular weight is 328 g/mol. The van der Waals surface area contributed by atoms with Crippen molar-refractivity contribution >= 4 is 15.9 Å². The number of methoxy groups -OCH3 is 1. The number of hydrogen-bond donors (Lipinski definition) is 1. The third-order valence-electron chi connectivity index (χ3n) is 3.67. The summed E-state index contributed by atoms with van der Waals surface area (Å²) in [7, 11) is 1.74. The van der Waals surface area contributed by atoms with Crippen LogP contribution in [0.5, 0.6) is 5.75 Å². The van der Waals surface area contributed by atoms with Gasteiger partial charge in [0.2, 0.25) is 0 Å². The minimum absolute atomic E-state index is 0.508. The van der Waals surface area contributed by atoms with E-state index in [0.717, 1.165) is 23.2 Å². The standard InChI is InChI=1S/C16H26BrNO/c1-5-9-18-15(12(3)6-2)11-13-10-14(17)7-8-16(13)19-4/h7-8,10,12,15,18H,5-6,9,11H2,1-4H3. The van der Waals surface area contributed by atoms with Crippen LogP contribution in [0.15, 0.2) is 22.7 Å². The highest BCUT2D eigenvalue weighted by atomic mass is 79.9. The smallest absolute Gasteiger partial charge is 0.122 e. The van der Waals surface area contributed by atoms with Crippen molar-refractivity contribution in [3.63, 3.8) is 0 Å². The summed E-state index contributed by atoms with van der Waals surface area (Å²) >= 11 is 3.55. The van der Waals surface area contributed by atoms with Crippen LogP contribution in [0.2, 0.25) is 0 Å². The normalized spacial score (nSPS) is 14.2. The fourth-order valence-corrected chi connectivity index (χ4v) is 2.64. The van der Waals surface area contributed by atoms with Gasteiger partial charge in [0.1, 0.15) is 5.75 Å². The zero-order chi connectivity index (χ0) is 14.3. The molecule has 0 radical (unpaired) electrons. The third-order valence-corrected chi connectivity index (χ3v) is 4.16. The van der Waals surface area contributed by atoms with Crippen LogP contribution in [0.3, 0.4) is 0 Å². The molecule has 0 aromatic heterocycles. The SMILES string of the molecule is CCCNC(Cc1cc(Br)ccc1OC)C(C)CC. The predicted octanol–water partition coefficient (Wildman–Crippen LogP) is 4.41. The Hall–Kier alpha value is -0.540. The van der Waals surface area contributed by atoms with E-state index in [1.807, 2.05) is 12.1 Å². The summed E-state index contributed by atoms with van der Waals surface area (Å²) in [4.78, 5) is 0. The van der Waals surface area contributed by atoms with Gasteiger partial charge in [0.25, 0.3) is 0 Å². The van der Waals surface area contributed by atoms with Crippen molar-refractivity contribution in [1.82, 2.24) is 5.32 Å². The number of ether oxygens (including phenoxy) is 1. The number of rotatable bonds is 8. The van der Waals surface area contributed by atoms with Gasteiger partial charge in [-0.05, 0) is 49.1 Å². The van der Waals surface area contributed by atoms with E-state index >= 15 is 0 Å². The van der Waals surface area contributed by atoms with Crippen LogP contribution in [0, 0.1) is 5.92 Å². The molecule has 19 heavy (non-hydrogen) atoms. The Kier molecular flexibility index (Phi) is 7.47. The highest BCUT2D eigenvalue weighted by Gasteiger charge is 2.17. The van der Waals surface area contributed by atoms with E-state index in [0.29, 0.717) is 12.0 Å². The first-order valence-corrected chi connectivity index (χ1v) is 7.97. The van der Waals surface area contributed by atoms with Gasteiger partial charge in [0, 0.05) is 10.5 Å². The quantitative estimate of drug-likeness (QED) is 0.763. The molecule has 0 heterocycles. The second-order valence-electron chi connectivity index (χ2n) is 5.11. The Balaban J connectivity index is 2.85. The molecule has 1 aromatic carbocycles. The molecule has 0 saturated heterocycles. The van der Waals surface area contributed by atoms with Gasteiger partial charge < -0.3 is 10.1 Å². The summed E-state index contributed by atoms with van der Waals surface area (Å²) < 4.78 is 6.58. The predicted molar refractivity (Wildman–Crippen MR) is 85.9 cm³/mol. The van der Waals surface area contributed by atoms with Crippen molar-refractivity contribution in [2.45, 2.75) is 46.1 Å². The summed E-state index contributed by atoms with van der Waals surface area (Å²) in [5.74, 6) is 1.64.